The van der Waals surface area contributed by atoms with Gasteiger partial charge in [-0.25, -0.2) is 0 Å². The van der Waals surface area contributed by atoms with Gasteiger partial charge in [0.15, 0.2) is 0 Å². The lowest BCUT2D eigenvalue weighted by atomic mass is 9.77. The van der Waals surface area contributed by atoms with Crippen molar-refractivity contribution in [1.29, 1.82) is 0 Å². The maximum absolute atomic E-state index is 3.78. The molecule has 1 fully saturated rings. The van der Waals surface area contributed by atoms with Crippen LogP contribution in [0.25, 0.3) is 0 Å². The smallest absolute Gasteiger partial charge is 0.0368 e. The van der Waals surface area contributed by atoms with Crippen LogP contribution >= 0.6 is 27.3 Å². The van der Waals surface area contributed by atoms with Gasteiger partial charge >= 0.3 is 0 Å². The number of rotatable bonds is 5. The van der Waals surface area contributed by atoms with E-state index in [9.17, 15) is 0 Å². The third-order valence-corrected chi connectivity index (χ3v) is 5.79. The Balaban J connectivity index is 2.11. The van der Waals surface area contributed by atoms with Crippen molar-refractivity contribution in [1.82, 2.24) is 5.32 Å². The van der Waals surface area contributed by atoms with E-state index in [1.165, 1.54) is 42.1 Å². The largest absolute Gasteiger partial charge is 0.310 e. The van der Waals surface area contributed by atoms with E-state index in [2.05, 4.69) is 45.9 Å². The standard InChI is InChI=1S/C15H24BrNS/c1-3-7-17-15(13-9-18-10-14(13)16)12-6-4-5-11(2)8-12/h9-12,15,17H,3-8H2,1-2H3. The summed E-state index contributed by atoms with van der Waals surface area (Å²) in [6, 6.07) is 0.549. The van der Waals surface area contributed by atoms with Crippen molar-refractivity contribution < 1.29 is 0 Å². The van der Waals surface area contributed by atoms with Crippen molar-refractivity contribution in [3.63, 3.8) is 0 Å². The lowest BCUT2D eigenvalue weighted by Crippen LogP contribution is -2.31. The molecule has 3 unspecified atom stereocenters. The van der Waals surface area contributed by atoms with Gasteiger partial charge in [0.05, 0.1) is 0 Å². The fraction of sp³-hybridized carbons (Fsp3) is 0.733. The fourth-order valence-electron chi connectivity index (χ4n) is 3.13. The molecule has 1 aliphatic rings. The summed E-state index contributed by atoms with van der Waals surface area (Å²) in [5, 5.41) is 8.31. The molecule has 0 amide bonds. The van der Waals surface area contributed by atoms with Crippen molar-refractivity contribution in [3.8, 4) is 0 Å². The van der Waals surface area contributed by atoms with Crippen LogP contribution in [0.1, 0.15) is 57.6 Å². The van der Waals surface area contributed by atoms with E-state index in [1.54, 1.807) is 11.3 Å². The average Bonchev–Trinajstić information content (AvgIpc) is 2.77. The summed E-state index contributed by atoms with van der Waals surface area (Å²) in [5.74, 6) is 1.71. The van der Waals surface area contributed by atoms with E-state index in [0.717, 1.165) is 18.4 Å². The minimum Gasteiger partial charge on any atom is -0.310 e. The maximum Gasteiger partial charge on any atom is 0.0368 e. The Bertz CT molecular complexity index is 363. The highest BCUT2D eigenvalue weighted by molar-refractivity contribution is 9.10. The average molecular weight is 330 g/mol. The van der Waals surface area contributed by atoms with E-state index in [0.29, 0.717) is 6.04 Å². The molecule has 1 N–H and O–H groups in total. The molecule has 3 atom stereocenters. The third kappa shape index (κ3) is 3.58. The van der Waals surface area contributed by atoms with E-state index in [-0.39, 0.29) is 0 Å². The van der Waals surface area contributed by atoms with Gasteiger partial charge in [0, 0.05) is 15.9 Å². The Hall–Kier alpha value is 0.140. The SMILES string of the molecule is CCCNC(c1cscc1Br)C1CCCC(C)C1. The molecule has 1 nitrogen and oxygen atoms in total. The quantitative estimate of drug-likeness (QED) is 0.764. The molecule has 0 spiro atoms. The van der Waals surface area contributed by atoms with E-state index >= 15 is 0 Å². The van der Waals surface area contributed by atoms with Crippen LogP contribution in [0.15, 0.2) is 15.2 Å². The Kier molecular flexibility index (Phi) is 5.71. The van der Waals surface area contributed by atoms with Crippen LogP contribution in [0.2, 0.25) is 0 Å². The molecule has 1 heterocycles. The highest BCUT2D eigenvalue weighted by Crippen LogP contribution is 2.40. The molecule has 1 aliphatic carbocycles. The number of hydrogen-bond acceptors (Lipinski definition) is 2. The molecule has 0 aliphatic heterocycles. The zero-order valence-corrected chi connectivity index (χ0v) is 13.8. The summed E-state index contributed by atoms with van der Waals surface area (Å²) in [7, 11) is 0. The first-order valence-electron chi connectivity index (χ1n) is 7.17. The molecule has 18 heavy (non-hydrogen) atoms. The van der Waals surface area contributed by atoms with Gasteiger partial charge in [-0.3, -0.25) is 0 Å². The van der Waals surface area contributed by atoms with Crippen molar-refractivity contribution in [2.45, 2.75) is 52.0 Å². The van der Waals surface area contributed by atoms with Crippen LogP contribution in [0.5, 0.6) is 0 Å². The first-order chi connectivity index (χ1) is 8.72. The first kappa shape index (κ1) is 14.5. The minimum atomic E-state index is 0.549. The topological polar surface area (TPSA) is 12.0 Å². The second kappa shape index (κ2) is 7.06. The molecule has 102 valence electrons. The number of thiophene rings is 1. The zero-order valence-electron chi connectivity index (χ0n) is 11.4. The lowest BCUT2D eigenvalue weighted by Gasteiger charge is -2.34. The van der Waals surface area contributed by atoms with Crippen LogP contribution in [0, 0.1) is 11.8 Å². The second-order valence-corrected chi connectivity index (χ2v) is 7.24. The van der Waals surface area contributed by atoms with Crippen molar-refractivity contribution in [2.24, 2.45) is 11.8 Å². The minimum absolute atomic E-state index is 0.549. The predicted molar refractivity (Wildman–Crippen MR) is 84.2 cm³/mol. The van der Waals surface area contributed by atoms with E-state index in [1.807, 2.05) is 0 Å². The first-order valence-corrected chi connectivity index (χ1v) is 8.91. The summed E-state index contributed by atoms with van der Waals surface area (Å²) in [6.07, 6.45) is 6.79. The molecule has 3 heteroatoms. The van der Waals surface area contributed by atoms with E-state index < -0.39 is 0 Å². The van der Waals surface area contributed by atoms with Crippen molar-refractivity contribution in [3.05, 3.63) is 20.8 Å². The summed E-state index contributed by atoms with van der Waals surface area (Å²) >= 11 is 5.52. The molecule has 0 bridgehead atoms. The van der Waals surface area contributed by atoms with Crippen LogP contribution in [-0.4, -0.2) is 6.54 Å². The van der Waals surface area contributed by atoms with E-state index in [4.69, 9.17) is 0 Å². The van der Waals surface area contributed by atoms with Gasteiger partial charge in [-0.15, -0.1) is 0 Å². The van der Waals surface area contributed by atoms with Crippen molar-refractivity contribution in [2.75, 3.05) is 6.54 Å². The Morgan fingerprint density at radius 3 is 2.89 bits per heavy atom. The van der Waals surface area contributed by atoms with Gasteiger partial charge in [-0.1, -0.05) is 26.7 Å². The Morgan fingerprint density at radius 2 is 2.28 bits per heavy atom. The van der Waals surface area contributed by atoms with Crippen LogP contribution in [-0.2, 0) is 0 Å². The number of halogens is 1. The summed E-state index contributed by atoms with van der Waals surface area (Å²) in [6.45, 7) is 5.78. The van der Waals surface area contributed by atoms with Gasteiger partial charge in [-0.05, 0) is 64.5 Å². The summed E-state index contributed by atoms with van der Waals surface area (Å²) < 4.78 is 1.29. The lowest BCUT2D eigenvalue weighted by molar-refractivity contribution is 0.223. The zero-order chi connectivity index (χ0) is 13.0. The van der Waals surface area contributed by atoms with Crippen LogP contribution in [0.4, 0.5) is 0 Å². The summed E-state index contributed by atoms with van der Waals surface area (Å²) in [4.78, 5) is 0. The summed E-state index contributed by atoms with van der Waals surface area (Å²) in [5.41, 5.74) is 1.48. The predicted octanol–water partition coefficient (Wildman–Crippen LogP) is 5.38. The molecule has 0 saturated heterocycles. The Labute approximate surface area is 123 Å². The second-order valence-electron chi connectivity index (χ2n) is 5.64. The van der Waals surface area contributed by atoms with Crippen LogP contribution < -0.4 is 5.32 Å². The molecule has 0 radical (unpaired) electrons. The van der Waals surface area contributed by atoms with Gasteiger partial charge < -0.3 is 5.32 Å². The van der Waals surface area contributed by atoms with Gasteiger partial charge in [0.25, 0.3) is 0 Å². The van der Waals surface area contributed by atoms with Crippen molar-refractivity contribution >= 4 is 27.3 Å². The molecule has 1 aromatic heterocycles. The monoisotopic (exact) mass is 329 g/mol. The Morgan fingerprint density at radius 1 is 1.44 bits per heavy atom. The molecule has 1 aromatic rings. The van der Waals surface area contributed by atoms with Crippen LogP contribution in [0.3, 0.4) is 0 Å². The van der Waals surface area contributed by atoms with Gasteiger partial charge in [0.1, 0.15) is 0 Å². The number of hydrogen-bond donors (Lipinski definition) is 1. The highest BCUT2D eigenvalue weighted by atomic mass is 79.9. The number of nitrogens with one attached hydrogen (secondary N) is 1. The fourth-order valence-corrected chi connectivity index (χ4v) is 4.71. The third-order valence-electron chi connectivity index (χ3n) is 4.04. The maximum atomic E-state index is 3.78. The highest BCUT2D eigenvalue weighted by Gasteiger charge is 2.28. The molecule has 0 aromatic carbocycles. The van der Waals surface area contributed by atoms with Gasteiger partial charge in [-0.2, -0.15) is 11.3 Å². The molecule has 1 saturated carbocycles. The normalized spacial score (nSPS) is 26.2. The van der Waals surface area contributed by atoms with Gasteiger partial charge in [0.2, 0.25) is 0 Å². The molecular formula is C15H24BrNS. The molecule has 2 rings (SSSR count). The molecular weight excluding hydrogens is 306 g/mol.